The molecule has 0 amide bonds. The molecule has 1 aromatic rings. The minimum atomic E-state index is -3.11. The molecule has 0 saturated heterocycles. The van der Waals surface area contributed by atoms with Crippen molar-refractivity contribution < 1.29 is 18.1 Å². The molecule has 76 valence electrons. The van der Waals surface area contributed by atoms with E-state index in [2.05, 4.69) is 4.98 Å². The fourth-order valence-corrected chi connectivity index (χ4v) is 1.35. The molecule has 4 nitrogen and oxygen atoms in total. The standard InChI is InChI=1S/C6H2F3IN2O2/c7-3-2(5(8)9)1-11-6(10)4(3)12(13)14/h1,5H. The summed E-state index contributed by atoms with van der Waals surface area (Å²) in [5, 5.41) is 10.3. The Bertz CT molecular complexity index is 386. The molecule has 8 heteroatoms. The molecule has 0 unspecified atom stereocenters. The zero-order valence-corrected chi connectivity index (χ0v) is 8.53. The predicted octanol–water partition coefficient (Wildman–Crippen LogP) is 2.67. The third-order valence-corrected chi connectivity index (χ3v) is 2.18. The van der Waals surface area contributed by atoms with E-state index in [0.29, 0.717) is 6.20 Å². The summed E-state index contributed by atoms with van der Waals surface area (Å²) in [7, 11) is 0. The third-order valence-electron chi connectivity index (χ3n) is 1.39. The lowest BCUT2D eigenvalue weighted by Gasteiger charge is -2.02. The summed E-state index contributed by atoms with van der Waals surface area (Å²) >= 11 is 1.40. The third kappa shape index (κ3) is 1.94. The van der Waals surface area contributed by atoms with Crippen molar-refractivity contribution in [2.75, 3.05) is 0 Å². The van der Waals surface area contributed by atoms with Gasteiger partial charge in [-0.2, -0.15) is 4.39 Å². The average Bonchev–Trinajstić information content (AvgIpc) is 2.02. The van der Waals surface area contributed by atoms with E-state index in [1.807, 2.05) is 0 Å². The Morgan fingerprint density at radius 1 is 1.57 bits per heavy atom. The topological polar surface area (TPSA) is 56.0 Å². The lowest BCUT2D eigenvalue weighted by atomic mass is 10.2. The highest BCUT2D eigenvalue weighted by Gasteiger charge is 2.27. The maximum Gasteiger partial charge on any atom is 0.336 e. The number of nitro groups is 1. The Morgan fingerprint density at radius 2 is 2.14 bits per heavy atom. The van der Waals surface area contributed by atoms with Gasteiger partial charge >= 0.3 is 5.69 Å². The highest BCUT2D eigenvalue weighted by atomic mass is 127. The van der Waals surface area contributed by atoms with Gasteiger partial charge in [-0.1, -0.05) is 0 Å². The van der Waals surface area contributed by atoms with Crippen LogP contribution >= 0.6 is 22.6 Å². The van der Waals surface area contributed by atoms with Crippen LogP contribution in [0.4, 0.5) is 18.9 Å². The van der Waals surface area contributed by atoms with Crippen LogP contribution in [0.3, 0.4) is 0 Å². The van der Waals surface area contributed by atoms with Crippen molar-refractivity contribution in [1.82, 2.24) is 4.98 Å². The van der Waals surface area contributed by atoms with Gasteiger partial charge in [0.25, 0.3) is 6.43 Å². The number of halogens is 4. The molecule has 14 heavy (non-hydrogen) atoms. The number of pyridine rings is 1. The van der Waals surface area contributed by atoms with Crippen LogP contribution in [0.15, 0.2) is 6.20 Å². The van der Waals surface area contributed by atoms with E-state index < -0.39 is 28.4 Å². The first kappa shape index (κ1) is 11.1. The Labute approximate surface area is 89.4 Å². The first-order valence-corrected chi connectivity index (χ1v) is 4.29. The lowest BCUT2D eigenvalue weighted by molar-refractivity contribution is -0.389. The Morgan fingerprint density at radius 3 is 2.57 bits per heavy atom. The monoisotopic (exact) mass is 318 g/mol. The van der Waals surface area contributed by atoms with Crippen LogP contribution < -0.4 is 0 Å². The molecule has 0 aliphatic heterocycles. The summed E-state index contributed by atoms with van der Waals surface area (Å²) in [6.45, 7) is 0. The van der Waals surface area contributed by atoms with Crippen LogP contribution in [0, 0.1) is 19.6 Å². The first-order valence-electron chi connectivity index (χ1n) is 3.21. The second-order valence-electron chi connectivity index (χ2n) is 2.22. The van der Waals surface area contributed by atoms with Crippen LogP contribution in [0.2, 0.25) is 0 Å². The van der Waals surface area contributed by atoms with Gasteiger partial charge < -0.3 is 0 Å². The van der Waals surface area contributed by atoms with E-state index in [1.165, 1.54) is 22.6 Å². The van der Waals surface area contributed by atoms with Crippen LogP contribution in [-0.2, 0) is 0 Å². The van der Waals surface area contributed by atoms with Crippen molar-refractivity contribution >= 4 is 28.3 Å². The van der Waals surface area contributed by atoms with Gasteiger partial charge in [0.1, 0.15) is 0 Å². The maximum absolute atomic E-state index is 13.1. The number of nitrogens with zero attached hydrogens (tertiary/aromatic N) is 2. The molecule has 0 radical (unpaired) electrons. The van der Waals surface area contributed by atoms with Crippen molar-refractivity contribution in [3.63, 3.8) is 0 Å². The first-order chi connectivity index (χ1) is 6.45. The van der Waals surface area contributed by atoms with Gasteiger partial charge in [0.15, 0.2) is 3.70 Å². The summed E-state index contributed by atoms with van der Waals surface area (Å²) in [6, 6.07) is 0. The second-order valence-corrected chi connectivity index (χ2v) is 3.25. The SMILES string of the molecule is O=[N+]([O-])c1c(I)ncc(C(F)F)c1F. The van der Waals surface area contributed by atoms with Crippen LogP contribution in [0.1, 0.15) is 12.0 Å². The fourth-order valence-electron chi connectivity index (χ4n) is 0.779. The van der Waals surface area contributed by atoms with Crippen LogP contribution in [-0.4, -0.2) is 9.91 Å². The molecule has 1 heterocycles. The van der Waals surface area contributed by atoms with Gasteiger partial charge in [-0.3, -0.25) is 10.1 Å². The molecule has 1 aromatic heterocycles. The minimum absolute atomic E-state index is 0.255. The smallest absolute Gasteiger partial charge is 0.258 e. The highest BCUT2D eigenvalue weighted by molar-refractivity contribution is 14.1. The van der Waals surface area contributed by atoms with Gasteiger partial charge in [0, 0.05) is 6.20 Å². The van der Waals surface area contributed by atoms with Crippen LogP contribution in [0.25, 0.3) is 0 Å². The van der Waals surface area contributed by atoms with E-state index >= 15 is 0 Å². The van der Waals surface area contributed by atoms with Gasteiger partial charge in [0.2, 0.25) is 5.82 Å². The maximum atomic E-state index is 13.1. The van der Waals surface area contributed by atoms with Crippen molar-refractivity contribution in [3.05, 3.63) is 31.4 Å². The van der Waals surface area contributed by atoms with E-state index in [1.54, 1.807) is 0 Å². The summed E-state index contributed by atoms with van der Waals surface area (Å²) in [5.41, 5.74) is -2.07. The number of hydrogen-bond acceptors (Lipinski definition) is 3. The van der Waals surface area contributed by atoms with Crippen molar-refractivity contribution in [2.24, 2.45) is 0 Å². The number of alkyl halides is 2. The summed E-state index contributed by atoms with van der Waals surface area (Å²) in [6.07, 6.45) is -2.52. The van der Waals surface area contributed by atoms with E-state index in [9.17, 15) is 23.3 Å². The van der Waals surface area contributed by atoms with Crippen molar-refractivity contribution in [1.29, 1.82) is 0 Å². The van der Waals surface area contributed by atoms with Gasteiger partial charge in [0.05, 0.1) is 10.5 Å². The van der Waals surface area contributed by atoms with E-state index in [4.69, 9.17) is 0 Å². The largest absolute Gasteiger partial charge is 0.336 e. The summed E-state index contributed by atoms with van der Waals surface area (Å²) in [5.74, 6) is -1.52. The Hall–Kier alpha value is -0.930. The molecule has 0 saturated carbocycles. The van der Waals surface area contributed by atoms with Gasteiger partial charge in [-0.15, -0.1) is 0 Å². The van der Waals surface area contributed by atoms with Crippen LogP contribution in [0.5, 0.6) is 0 Å². The molecule has 0 N–H and O–H groups in total. The van der Waals surface area contributed by atoms with Crippen molar-refractivity contribution in [2.45, 2.75) is 6.43 Å². The molecule has 0 bridgehead atoms. The van der Waals surface area contributed by atoms with E-state index in [0.717, 1.165) is 0 Å². The molecule has 0 aromatic carbocycles. The molecule has 0 atom stereocenters. The second kappa shape index (κ2) is 4.07. The molecule has 1 rings (SSSR count). The lowest BCUT2D eigenvalue weighted by Crippen LogP contribution is -2.02. The minimum Gasteiger partial charge on any atom is -0.258 e. The van der Waals surface area contributed by atoms with E-state index in [-0.39, 0.29) is 3.70 Å². The summed E-state index contributed by atoms with van der Waals surface area (Å²) < 4.78 is 37.0. The van der Waals surface area contributed by atoms with Gasteiger partial charge in [-0.05, 0) is 22.6 Å². The Kier molecular flexibility index (Phi) is 3.24. The normalized spacial score (nSPS) is 10.6. The number of hydrogen-bond donors (Lipinski definition) is 0. The molecular weight excluding hydrogens is 316 g/mol. The quantitative estimate of drug-likeness (QED) is 0.365. The fraction of sp³-hybridized carbons (Fsp3) is 0.167. The average molecular weight is 318 g/mol. The molecule has 0 spiro atoms. The molecule has 0 fully saturated rings. The number of aromatic nitrogens is 1. The predicted molar refractivity (Wildman–Crippen MR) is 48.5 cm³/mol. The molecule has 0 aliphatic rings. The zero-order chi connectivity index (χ0) is 10.9. The Balaban J connectivity index is 3.41. The highest BCUT2D eigenvalue weighted by Crippen LogP contribution is 2.30. The number of rotatable bonds is 2. The molecule has 0 aliphatic carbocycles. The van der Waals surface area contributed by atoms with Gasteiger partial charge in [-0.25, -0.2) is 13.8 Å². The zero-order valence-electron chi connectivity index (χ0n) is 6.38. The molecular formula is C6H2F3IN2O2. The van der Waals surface area contributed by atoms with Crippen molar-refractivity contribution in [3.8, 4) is 0 Å². The summed E-state index contributed by atoms with van der Waals surface area (Å²) in [4.78, 5) is 12.5.